The average Bonchev–Trinajstić information content (AvgIpc) is 3.28. The highest BCUT2D eigenvalue weighted by Crippen LogP contribution is 2.26. The molecule has 3 rings (SSSR count). The number of esters is 1. The summed E-state index contributed by atoms with van der Waals surface area (Å²) in [5.41, 5.74) is 1.33. The highest BCUT2D eigenvalue weighted by molar-refractivity contribution is 7.99. The largest absolute Gasteiger partial charge is 0.462 e. The van der Waals surface area contributed by atoms with Crippen molar-refractivity contribution in [1.29, 1.82) is 0 Å². The van der Waals surface area contributed by atoms with E-state index in [1.165, 1.54) is 11.8 Å². The van der Waals surface area contributed by atoms with E-state index >= 15 is 0 Å². The first-order valence-corrected chi connectivity index (χ1v) is 13.4. The highest BCUT2D eigenvalue weighted by Gasteiger charge is 2.27. The predicted molar refractivity (Wildman–Crippen MR) is 148 cm³/mol. The zero-order valence-corrected chi connectivity index (χ0v) is 23.0. The Morgan fingerprint density at radius 3 is 2.47 bits per heavy atom. The van der Waals surface area contributed by atoms with Gasteiger partial charge in [-0.15, -0.1) is 16.8 Å². The lowest BCUT2D eigenvalue weighted by molar-refractivity contribution is -0.113. The number of ether oxygens (including phenoxy) is 1. The van der Waals surface area contributed by atoms with Gasteiger partial charge in [0.15, 0.2) is 11.0 Å². The van der Waals surface area contributed by atoms with E-state index in [-0.39, 0.29) is 23.5 Å². The number of nitrogens with one attached hydrogen (secondary N) is 2. The fourth-order valence-electron chi connectivity index (χ4n) is 3.56. The van der Waals surface area contributed by atoms with Gasteiger partial charge in [0.1, 0.15) is 0 Å². The molecular weight excluding hydrogens is 526 g/mol. The molecule has 0 fully saturated rings. The van der Waals surface area contributed by atoms with Crippen molar-refractivity contribution in [2.24, 2.45) is 5.92 Å². The van der Waals surface area contributed by atoms with E-state index in [0.29, 0.717) is 46.0 Å². The van der Waals surface area contributed by atoms with Crippen LogP contribution in [-0.2, 0) is 16.1 Å². The van der Waals surface area contributed by atoms with Gasteiger partial charge in [-0.25, -0.2) is 4.79 Å². The fourth-order valence-corrected chi connectivity index (χ4v) is 4.54. The third kappa shape index (κ3) is 7.45. The fraction of sp³-hybridized carbons (Fsp3) is 0.296. The first-order valence-electron chi connectivity index (χ1n) is 12.0. The van der Waals surface area contributed by atoms with Crippen LogP contribution in [0.4, 0.5) is 5.69 Å². The summed E-state index contributed by atoms with van der Waals surface area (Å²) in [6.45, 7) is 10.2. The Bertz CT molecular complexity index is 1290. The quantitative estimate of drug-likeness (QED) is 0.180. The number of hydrogen-bond acceptors (Lipinski definition) is 7. The second kappa shape index (κ2) is 13.8. The molecule has 200 valence electrons. The number of amides is 2. The van der Waals surface area contributed by atoms with Crippen molar-refractivity contribution in [1.82, 2.24) is 20.1 Å². The van der Waals surface area contributed by atoms with Crippen LogP contribution in [0.25, 0.3) is 0 Å². The molecule has 1 atom stereocenters. The van der Waals surface area contributed by atoms with Crippen LogP contribution < -0.4 is 10.6 Å². The third-order valence-electron chi connectivity index (χ3n) is 5.42. The molecule has 11 heteroatoms. The Hall–Kier alpha value is -3.63. The van der Waals surface area contributed by atoms with Gasteiger partial charge in [0.2, 0.25) is 5.91 Å². The number of benzene rings is 2. The molecule has 0 radical (unpaired) electrons. The SMILES string of the molecule is C=CCn1c(SCC(=O)Nc2ccc(C(=O)OCC)cc2)nnc1[C@@H](NC(=O)c1ccccc1Cl)C(C)C. The van der Waals surface area contributed by atoms with E-state index in [4.69, 9.17) is 16.3 Å². The van der Waals surface area contributed by atoms with Crippen LogP contribution in [-0.4, -0.2) is 44.9 Å². The van der Waals surface area contributed by atoms with Crippen LogP contribution in [0.3, 0.4) is 0 Å². The number of carbonyl (C=O) groups is 3. The lowest BCUT2D eigenvalue weighted by Crippen LogP contribution is -2.34. The Labute approximate surface area is 231 Å². The maximum absolute atomic E-state index is 13.0. The number of aromatic nitrogens is 3. The second-order valence-corrected chi connectivity index (χ2v) is 9.90. The third-order valence-corrected chi connectivity index (χ3v) is 6.72. The molecule has 1 heterocycles. The zero-order chi connectivity index (χ0) is 27.7. The lowest BCUT2D eigenvalue weighted by atomic mass is 10.0. The maximum atomic E-state index is 13.0. The number of anilines is 1. The molecule has 0 bridgehead atoms. The summed E-state index contributed by atoms with van der Waals surface area (Å²) in [5.74, 6) is -0.356. The first kappa shape index (κ1) is 28.9. The molecule has 0 aliphatic heterocycles. The predicted octanol–water partition coefficient (Wildman–Crippen LogP) is 5.15. The monoisotopic (exact) mass is 555 g/mol. The molecule has 0 spiro atoms. The molecule has 2 amide bonds. The summed E-state index contributed by atoms with van der Waals surface area (Å²) in [6, 6.07) is 12.9. The molecular formula is C27H30ClN5O4S. The van der Waals surface area contributed by atoms with Crippen LogP contribution >= 0.6 is 23.4 Å². The van der Waals surface area contributed by atoms with E-state index < -0.39 is 12.0 Å². The average molecular weight is 556 g/mol. The lowest BCUT2D eigenvalue weighted by Gasteiger charge is -2.23. The van der Waals surface area contributed by atoms with Crippen molar-refractivity contribution in [2.45, 2.75) is 38.5 Å². The summed E-state index contributed by atoms with van der Waals surface area (Å²) >= 11 is 7.43. The number of thioether (sulfide) groups is 1. The second-order valence-electron chi connectivity index (χ2n) is 8.55. The molecule has 38 heavy (non-hydrogen) atoms. The van der Waals surface area contributed by atoms with Crippen LogP contribution in [0.15, 0.2) is 66.3 Å². The maximum Gasteiger partial charge on any atom is 0.338 e. The van der Waals surface area contributed by atoms with Crippen molar-refractivity contribution in [2.75, 3.05) is 17.7 Å². The molecule has 0 saturated heterocycles. The summed E-state index contributed by atoms with van der Waals surface area (Å²) in [5, 5.41) is 15.3. The molecule has 9 nitrogen and oxygen atoms in total. The van der Waals surface area contributed by atoms with Crippen molar-refractivity contribution in [3.63, 3.8) is 0 Å². The Kier molecular flexibility index (Phi) is 10.5. The van der Waals surface area contributed by atoms with Crippen LogP contribution in [0, 0.1) is 5.92 Å². The van der Waals surface area contributed by atoms with Gasteiger partial charge < -0.3 is 19.9 Å². The molecule has 1 aromatic heterocycles. The molecule has 0 unspecified atom stereocenters. The smallest absolute Gasteiger partial charge is 0.338 e. The van der Waals surface area contributed by atoms with Gasteiger partial charge in [-0.3, -0.25) is 9.59 Å². The first-order chi connectivity index (χ1) is 18.2. The van der Waals surface area contributed by atoms with Gasteiger partial charge in [-0.2, -0.15) is 0 Å². The van der Waals surface area contributed by atoms with Crippen LogP contribution in [0.1, 0.15) is 53.4 Å². The number of nitrogens with zero attached hydrogens (tertiary/aromatic N) is 3. The van der Waals surface area contributed by atoms with E-state index in [9.17, 15) is 14.4 Å². The standard InChI is InChI=1S/C27H30ClN5O4S/c1-5-15-33-24(23(17(3)4)30-25(35)20-9-7-8-10-21(20)28)31-32-27(33)38-16-22(34)29-19-13-11-18(12-14-19)26(36)37-6-2/h5,7-14,17,23H,1,6,15-16H2,2-4H3,(H,29,34)(H,30,35)/t23-/m0/s1. The summed E-state index contributed by atoms with van der Waals surface area (Å²) in [7, 11) is 0. The Morgan fingerprint density at radius 1 is 1.13 bits per heavy atom. The molecule has 3 aromatic rings. The van der Waals surface area contributed by atoms with Crippen LogP contribution in [0.5, 0.6) is 0 Å². The van der Waals surface area contributed by atoms with Crippen LogP contribution in [0.2, 0.25) is 5.02 Å². The van der Waals surface area contributed by atoms with E-state index in [0.717, 1.165) is 0 Å². The summed E-state index contributed by atoms with van der Waals surface area (Å²) < 4.78 is 6.80. The molecule has 0 aliphatic rings. The van der Waals surface area contributed by atoms with Gasteiger partial charge in [0.05, 0.1) is 34.6 Å². The molecule has 2 N–H and O–H groups in total. The number of allylic oxidation sites excluding steroid dienone is 1. The summed E-state index contributed by atoms with van der Waals surface area (Å²) in [6.07, 6.45) is 1.70. The van der Waals surface area contributed by atoms with E-state index in [1.54, 1.807) is 61.5 Å². The van der Waals surface area contributed by atoms with Gasteiger partial charge in [-0.1, -0.05) is 55.4 Å². The number of carbonyl (C=O) groups excluding carboxylic acids is 3. The number of halogens is 1. The van der Waals surface area contributed by atoms with Crippen molar-refractivity contribution in [3.8, 4) is 0 Å². The minimum Gasteiger partial charge on any atom is -0.462 e. The van der Waals surface area contributed by atoms with Crippen molar-refractivity contribution < 1.29 is 19.1 Å². The Balaban J connectivity index is 1.70. The van der Waals surface area contributed by atoms with E-state index in [1.807, 2.05) is 18.4 Å². The van der Waals surface area contributed by atoms with Gasteiger partial charge in [0, 0.05) is 12.2 Å². The van der Waals surface area contributed by atoms with Gasteiger partial charge in [-0.05, 0) is 49.2 Å². The minimum atomic E-state index is -0.452. The minimum absolute atomic E-state index is 0.00655. The topological polar surface area (TPSA) is 115 Å². The normalized spacial score (nSPS) is 11.6. The number of rotatable bonds is 12. The van der Waals surface area contributed by atoms with E-state index in [2.05, 4.69) is 27.4 Å². The summed E-state index contributed by atoms with van der Waals surface area (Å²) in [4.78, 5) is 37.3. The number of hydrogen-bond donors (Lipinski definition) is 2. The Morgan fingerprint density at radius 2 is 1.84 bits per heavy atom. The van der Waals surface area contributed by atoms with Gasteiger partial charge in [0.25, 0.3) is 5.91 Å². The molecule has 0 saturated carbocycles. The van der Waals surface area contributed by atoms with Crippen molar-refractivity contribution >= 4 is 46.8 Å². The van der Waals surface area contributed by atoms with Crippen molar-refractivity contribution in [3.05, 3.63) is 83.2 Å². The van der Waals surface area contributed by atoms with Gasteiger partial charge >= 0.3 is 5.97 Å². The highest BCUT2D eigenvalue weighted by atomic mass is 35.5. The molecule has 2 aromatic carbocycles. The zero-order valence-electron chi connectivity index (χ0n) is 21.4. The molecule has 0 aliphatic carbocycles.